The number of anilines is 1. The third-order valence-electron chi connectivity index (χ3n) is 4.30. The number of nitro groups is 1. The van der Waals surface area contributed by atoms with Crippen LogP contribution in [0.3, 0.4) is 0 Å². The maximum absolute atomic E-state index is 12.6. The second-order valence-electron chi connectivity index (χ2n) is 6.16. The standard InChI is InChI=1S/C19H13N5O5S/c1-29-14-9-10(8-13(15(14)25)24(27)28)7-12-16(20)23-19(21-17(12)26)30-18(22-23)11-5-3-2-4-6-11/h2-9H,20H2,1H3/b10-7+. The van der Waals surface area contributed by atoms with Crippen LogP contribution in [0.25, 0.3) is 21.6 Å². The van der Waals surface area contributed by atoms with E-state index >= 15 is 0 Å². The number of carbonyl (C=O) groups is 1. The van der Waals surface area contributed by atoms with Crippen molar-refractivity contribution in [2.24, 2.45) is 0 Å². The zero-order valence-electron chi connectivity index (χ0n) is 15.4. The summed E-state index contributed by atoms with van der Waals surface area (Å²) in [6.45, 7) is 0. The van der Waals surface area contributed by atoms with Crippen LogP contribution in [-0.4, -0.2) is 32.4 Å². The number of ether oxygens (including phenoxy) is 1. The lowest BCUT2D eigenvalue weighted by Gasteiger charge is -2.09. The predicted octanol–water partition coefficient (Wildman–Crippen LogP) is 2.06. The Morgan fingerprint density at radius 3 is 2.63 bits per heavy atom. The molecule has 0 radical (unpaired) electrons. The average Bonchev–Trinajstić information content (AvgIpc) is 3.16. The number of Topliss-reactive ketones (excluding diaryl/α,β-unsaturated/α-hetero) is 1. The van der Waals surface area contributed by atoms with E-state index in [4.69, 9.17) is 10.5 Å². The molecule has 0 saturated heterocycles. The summed E-state index contributed by atoms with van der Waals surface area (Å²) in [5.41, 5.74) is 5.91. The van der Waals surface area contributed by atoms with Crippen LogP contribution >= 0.6 is 11.3 Å². The van der Waals surface area contributed by atoms with Gasteiger partial charge >= 0.3 is 5.70 Å². The molecule has 150 valence electrons. The lowest BCUT2D eigenvalue weighted by molar-refractivity contribution is -0.418. The Morgan fingerprint density at radius 2 is 1.97 bits per heavy atom. The Bertz CT molecular complexity index is 1350. The van der Waals surface area contributed by atoms with Gasteiger partial charge in [0.1, 0.15) is 10.8 Å². The molecule has 0 spiro atoms. The number of aromatic nitrogens is 3. The number of methoxy groups -OCH3 is 1. The van der Waals surface area contributed by atoms with Crippen LogP contribution in [0.1, 0.15) is 5.56 Å². The van der Waals surface area contributed by atoms with Crippen LogP contribution < -0.4 is 11.3 Å². The quantitative estimate of drug-likeness (QED) is 0.496. The van der Waals surface area contributed by atoms with E-state index < -0.39 is 22.0 Å². The van der Waals surface area contributed by atoms with Crippen LogP contribution in [0, 0.1) is 10.1 Å². The molecule has 2 aromatic heterocycles. The number of nitrogen functional groups attached to an aromatic ring is 1. The molecule has 0 bridgehead atoms. The molecule has 1 aliphatic carbocycles. The summed E-state index contributed by atoms with van der Waals surface area (Å²) in [6.07, 6.45) is 3.65. The highest BCUT2D eigenvalue weighted by Gasteiger charge is 2.30. The largest absolute Gasteiger partial charge is 0.492 e. The summed E-state index contributed by atoms with van der Waals surface area (Å²) >= 11 is 1.20. The van der Waals surface area contributed by atoms with E-state index in [0.717, 1.165) is 11.6 Å². The Balaban J connectivity index is 1.87. The lowest BCUT2D eigenvalue weighted by atomic mass is 10.0. The van der Waals surface area contributed by atoms with Gasteiger partial charge in [0.2, 0.25) is 4.96 Å². The number of fused-ring (bicyclic) bond motifs is 1. The molecular formula is C19H13N5O5S. The molecular weight excluding hydrogens is 410 g/mol. The molecule has 2 heterocycles. The number of benzene rings is 1. The van der Waals surface area contributed by atoms with E-state index in [1.165, 1.54) is 35.1 Å². The maximum Gasteiger partial charge on any atom is 0.320 e. The van der Waals surface area contributed by atoms with Gasteiger partial charge in [-0.3, -0.25) is 19.7 Å². The Labute approximate surface area is 172 Å². The summed E-state index contributed by atoms with van der Waals surface area (Å²) in [4.78, 5) is 39.2. The van der Waals surface area contributed by atoms with Crippen molar-refractivity contribution in [1.82, 2.24) is 14.6 Å². The normalized spacial score (nSPS) is 15.2. The third-order valence-corrected chi connectivity index (χ3v) is 5.26. The van der Waals surface area contributed by atoms with Gasteiger partial charge in [-0.1, -0.05) is 41.7 Å². The summed E-state index contributed by atoms with van der Waals surface area (Å²) < 4.78 is 6.26. The van der Waals surface area contributed by atoms with Crippen molar-refractivity contribution in [2.75, 3.05) is 12.8 Å². The summed E-state index contributed by atoms with van der Waals surface area (Å²) in [5.74, 6) is -1.05. The second kappa shape index (κ2) is 7.37. The summed E-state index contributed by atoms with van der Waals surface area (Å²) in [5, 5.41) is 16.2. The fourth-order valence-corrected chi connectivity index (χ4v) is 3.76. The van der Waals surface area contributed by atoms with E-state index in [1.807, 2.05) is 30.3 Å². The van der Waals surface area contributed by atoms with E-state index in [0.29, 0.717) is 9.97 Å². The fourth-order valence-electron chi connectivity index (χ4n) is 2.86. The van der Waals surface area contributed by atoms with Crippen molar-refractivity contribution in [1.29, 1.82) is 0 Å². The van der Waals surface area contributed by atoms with Gasteiger partial charge in [-0.25, -0.2) is 0 Å². The van der Waals surface area contributed by atoms with Crippen LogP contribution in [0.15, 0.2) is 64.3 Å². The molecule has 1 aliphatic rings. The van der Waals surface area contributed by atoms with Crippen molar-refractivity contribution in [3.63, 3.8) is 0 Å². The highest BCUT2D eigenvalue weighted by atomic mass is 32.1. The average molecular weight is 423 g/mol. The smallest absolute Gasteiger partial charge is 0.320 e. The zero-order chi connectivity index (χ0) is 21.4. The van der Waals surface area contributed by atoms with Crippen LogP contribution in [0.2, 0.25) is 0 Å². The number of rotatable bonds is 4. The van der Waals surface area contributed by atoms with Crippen LogP contribution in [0.5, 0.6) is 0 Å². The first-order valence-corrected chi connectivity index (χ1v) is 9.33. The minimum absolute atomic E-state index is 0.00703. The first-order chi connectivity index (χ1) is 14.4. The van der Waals surface area contributed by atoms with Gasteiger partial charge in [0, 0.05) is 11.6 Å². The monoisotopic (exact) mass is 423 g/mol. The number of hydrogen-bond acceptors (Lipinski definition) is 9. The molecule has 4 rings (SSSR count). The third kappa shape index (κ3) is 3.26. The van der Waals surface area contributed by atoms with Gasteiger partial charge in [0.15, 0.2) is 5.76 Å². The summed E-state index contributed by atoms with van der Waals surface area (Å²) in [7, 11) is 1.22. The number of nitrogens with zero attached hydrogens (tertiary/aromatic N) is 4. The summed E-state index contributed by atoms with van der Waals surface area (Å²) in [6, 6.07) is 9.34. The Morgan fingerprint density at radius 1 is 1.23 bits per heavy atom. The Kier molecular flexibility index (Phi) is 4.72. The topological polar surface area (TPSA) is 143 Å². The second-order valence-corrected chi connectivity index (χ2v) is 7.11. The van der Waals surface area contributed by atoms with Crippen molar-refractivity contribution in [3.05, 3.63) is 85.5 Å². The number of ketones is 1. The minimum atomic E-state index is -0.857. The molecule has 0 unspecified atom stereocenters. The predicted molar refractivity (Wildman–Crippen MR) is 110 cm³/mol. The van der Waals surface area contributed by atoms with Gasteiger partial charge in [-0.05, 0) is 17.7 Å². The number of hydrogen-bond donors (Lipinski definition) is 1. The SMILES string of the molecule is COC1=C/C(=C/c2c(N)n3nc(-c4ccccc4)sc3nc2=O)C=C([N+](=O)[O-])C1=O. The zero-order valence-corrected chi connectivity index (χ0v) is 16.3. The Hall–Kier alpha value is -4.12. The van der Waals surface area contributed by atoms with E-state index in [9.17, 15) is 19.7 Å². The molecule has 0 fully saturated rings. The number of carbonyl (C=O) groups excluding carboxylic acids is 1. The lowest BCUT2D eigenvalue weighted by Crippen LogP contribution is -2.19. The van der Waals surface area contributed by atoms with Crippen LogP contribution in [-0.2, 0) is 9.53 Å². The molecule has 10 nitrogen and oxygen atoms in total. The van der Waals surface area contributed by atoms with Crippen LogP contribution in [0.4, 0.5) is 5.82 Å². The maximum atomic E-state index is 12.6. The van der Waals surface area contributed by atoms with E-state index in [1.54, 1.807) is 0 Å². The van der Waals surface area contributed by atoms with E-state index in [2.05, 4.69) is 10.1 Å². The molecule has 0 amide bonds. The van der Waals surface area contributed by atoms with Gasteiger partial charge in [0.25, 0.3) is 11.3 Å². The molecule has 11 heteroatoms. The molecule has 0 aliphatic heterocycles. The minimum Gasteiger partial charge on any atom is -0.492 e. The molecule has 0 saturated carbocycles. The van der Waals surface area contributed by atoms with Crippen molar-refractivity contribution < 1.29 is 14.5 Å². The van der Waals surface area contributed by atoms with Gasteiger partial charge in [0.05, 0.1) is 17.6 Å². The molecule has 2 N–H and O–H groups in total. The van der Waals surface area contributed by atoms with Crippen molar-refractivity contribution in [3.8, 4) is 10.6 Å². The highest BCUT2D eigenvalue weighted by molar-refractivity contribution is 7.19. The van der Waals surface area contributed by atoms with Gasteiger partial charge in [-0.15, -0.1) is 0 Å². The van der Waals surface area contributed by atoms with Gasteiger partial charge < -0.3 is 10.5 Å². The van der Waals surface area contributed by atoms with Crippen molar-refractivity contribution in [2.45, 2.75) is 0 Å². The van der Waals surface area contributed by atoms with Crippen molar-refractivity contribution >= 4 is 34.0 Å². The number of nitrogens with two attached hydrogens (primary N) is 1. The molecule has 3 aromatic rings. The molecule has 0 atom stereocenters. The van der Waals surface area contributed by atoms with E-state index in [-0.39, 0.29) is 22.7 Å². The first kappa shape index (κ1) is 19.2. The first-order valence-electron chi connectivity index (χ1n) is 8.52. The van der Waals surface area contributed by atoms with Gasteiger partial charge in [-0.2, -0.15) is 14.6 Å². The number of allylic oxidation sites excluding steroid dienone is 3. The molecule has 30 heavy (non-hydrogen) atoms. The highest BCUT2D eigenvalue weighted by Crippen LogP contribution is 2.27. The molecule has 1 aromatic carbocycles. The fraction of sp³-hybridized carbons (Fsp3) is 0.0526.